The summed E-state index contributed by atoms with van der Waals surface area (Å²) in [6.45, 7) is 0. The van der Waals surface area contributed by atoms with Crippen LogP contribution in [0.3, 0.4) is 0 Å². The van der Waals surface area contributed by atoms with Gasteiger partial charge in [-0.1, -0.05) is 0 Å². The Balaban J connectivity index is 0. The summed E-state index contributed by atoms with van der Waals surface area (Å²) >= 11 is 0. The van der Waals surface area contributed by atoms with Crippen molar-refractivity contribution in [1.82, 2.24) is 15.0 Å². The predicted molar refractivity (Wildman–Crippen MR) is 33.1 cm³/mol. The van der Waals surface area contributed by atoms with E-state index in [4.69, 9.17) is 17.2 Å². The van der Waals surface area contributed by atoms with E-state index in [0.29, 0.717) is 0 Å². The van der Waals surface area contributed by atoms with Crippen LogP contribution in [0.5, 0.6) is 0 Å². The number of aromatic nitrogens is 3. The van der Waals surface area contributed by atoms with E-state index >= 15 is 0 Å². The summed E-state index contributed by atoms with van der Waals surface area (Å²) in [6, 6.07) is 0. The van der Waals surface area contributed by atoms with Gasteiger partial charge in [0.1, 0.15) is 0 Å². The number of hydrogen-bond acceptors (Lipinski definition) is 6. The minimum Gasteiger partial charge on any atom is -0.368 e. The third kappa shape index (κ3) is 4.27. The Labute approximate surface area is 91.9 Å². The second-order valence-electron chi connectivity index (χ2n) is 1.41. The van der Waals surface area contributed by atoms with Crippen molar-refractivity contribution in [3.05, 3.63) is 0 Å². The Hall–Kier alpha value is -0.213. The number of hydrogen-bond donors (Lipinski definition) is 3. The first kappa shape index (κ1) is 13.4. The molecule has 60 valence electrons. The molecule has 0 aliphatic rings. The van der Waals surface area contributed by atoms with Gasteiger partial charge in [0.25, 0.3) is 0 Å². The van der Waals surface area contributed by atoms with E-state index in [0.717, 1.165) is 0 Å². The summed E-state index contributed by atoms with van der Waals surface area (Å²) in [5, 5.41) is 0. The van der Waals surface area contributed by atoms with Crippen molar-refractivity contribution in [3.8, 4) is 0 Å². The summed E-state index contributed by atoms with van der Waals surface area (Å²) in [4.78, 5) is 10.5. The molecule has 1 rings (SSSR count). The molecule has 0 atom stereocenters. The van der Waals surface area contributed by atoms with Crippen molar-refractivity contribution >= 4 is 17.8 Å². The minimum absolute atomic E-state index is 0. The molecule has 0 amide bonds. The molecule has 8 heteroatoms. The van der Waals surface area contributed by atoms with E-state index in [1.807, 2.05) is 0 Å². The quantitative estimate of drug-likeness (QED) is 0.507. The molecule has 0 bridgehead atoms. The zero-order chi connectivity index (χ0) is 6.85. The fourth-order valence-electron chi connectivity index (χ4n) is 0.427. The van der Waals surface area contributed by atoms with Crippen LogP contribution in [0.25, 0.3) is 0 Å². The van der Waals surface area contributed by atoms with Crippen molar-refractivity contribution in [1.29, 1.82) is 0 Å². The standard InChI is InChI=1S/C3H6N6.2Mo/c4-1-7-2(5)9-3(6)8-1;;/h(H6,4,5,6,7,8,9);;. The van der Waals surface area contributed by atoms with Gasteiger partial charge in [0.05, 0.1) is 0 Å². The van der Waals surface area contributed by atoms with Gasteiger partial charge in [0, 0.05) is 42.1 Å². The maximum Gasteiger partial charge on any atom is 0.226 e. The third-order valence-electron chi connectivity index (χ3n) is 0.687. The number of rotatable bonds is 0. The maximum atomic E-state index is 5.14. The first-order valence-electron chi connectivity index (χ1n) is 2.21. The molecule has 0 radical (unpaired) electrons. The van der Waals surface area contributed by atoms with Gasteiger partial charge in [-0.05, 0) is 0 Å². The van der Waals surface area contributed by atoms with Crippen molar-refractivity contribution in [2.75, 3.05) is 17.2 Å². The molecule has 0 aliphatic carbocycles. The van der Waals surface area contributed by atoms with Crippen LogP contribution in [0, 0.1) is 0 Å². The molecule has 0 aromatic carbocycles. The summed E-state index contributed by atoms with van der Waals surface area (Å²) in [6.07, 6.45) is 0. The van der Waals surface area contributed by atoms with Crippen molar-refractivity contribution in [2.24, 2.45) is 0 Å². The van der Waals surface area contributed by atoms with Gasteiger partial charge in [-0.2, -0.15) is 15.0 Å². The van der Waals surface area contributed by atoms with Crippen molar-refractivity contribution < 1.29 is 42.1 Å². The molecule has 1 heterocycles. The number of nitrogens with two attached hydrogens (primary N) is 3. The molecular weight excluding hydrogens is 312 g/mol. The fraction of sp³-hybridized carbons (Fsp3) is 0. The van der Waals surface area contributed by atoms with Gasteiger partial charge in [0.15, 0.2) is 0 Å². The molecule has 0 fully saturated rings. The van der Waals surface area contributed by atoms with Crippen molar-refractivity contribution in [3.63, 3.8) is 0 Å². The second-order valence-corrected chi connectivity index (χ2v) is 1.41. The molecule has 0 saturated carbocycles. The van der Waals surface area contributed by atoms with Gasteiger partial charge in [-0.15, -0.1) is 0 Å². The zero-order valence-corrected chi connectivity index (χ0v) is 9.40. The fourth-order valence-corrected chi connectivity index (χ4v) is 0.427. The molecule has 6 N–H and O–H groups in total. The SMILES string of the molecule is Nc1nc(N)nc(N)n1.[Mo].[Mo]. The van der Waals surface area contributed by atoms with E-state index in [9.17, 15) is 0 Å². The molecule has 11 heavy (non-hydrogen) atoms. The summed E-state index contributed by atoms with van der Waals surface area (Å²) in [5.41, 5.74) is 15.4. The van der Waals surface area contributed by atoms with Crippen LogP contribution in [-0.4, -0.2) is 15.0 Å². The Kier molecular flexibility index (Phi) is 6.62. The van der Waals surface area contributed by atoms with Crippen LogP contribution >= 0.6 is 0 Å². The first-order valence-corrected chi connectivity index (χ1v) is 2.21. The largest absolute Gasteiger partial charge is 0.368 e. The van der Waals surface area contributed by atoms with E-state index in [-0.39, 0.29) is 60.0 Å². The molecular formula is C3H6Mo2N6. The normalized spacial score (nSPS) is 7.64. The Morgan fingerprint density at radius 3 is 1.00 bits per heavy atom. The Morgan fingerprint density at radius 1 is 0.636 bits per heavy atom. The predicted octanol–water partition coefficient (Wildman–Crippen LogP) is -1.39. The topological polar surface area (TPSA) is 117 Å². The van der Waals surface area contributed by atoms with E-state index in [1.54, 1.807) is 0 Å². The third-order valence-corrected chi connectivity index (χ3v) is 0.687. The molecule has 0 unspecified atom stereocenters. The Morgan fingerprint density at radius 2 is 0.818 bits per heavy atom. The van der Waals surface area contributed by atoms with Gasteiger partial charge >= 0.3 is 0 Å². The molecule has 6 nitrogen and oxygen atoms in total. The van der Waals surface area contributed by atoms with Crippen LogP contribution < -0.4 is 17.2 Å². The molecule has 1 aromatic rings. The molecule has 0 aliphatic heterocycles. The van der Waals surface area contributed by atoms with Gasteiger partial charge in [0.2, 0.25) is 17.8 Å². The Bertz CT molecular complexity index is 177. The maximum absolute atomic E-state index is 5.14. The average Bonchev–Trinajstić information content (AvgIpc) is 1.59. The van der Waals surface area contributed by atoms with Gasteiger partial charge < -0.3 is 17.2 Å². The van der Waals surface area contributed by atoms with Crippen LogP contribution in [-0.2, 0) is 42.1 Å². The average molecular weight is 318 g/mol. The van der Waals surface area contributed by atoms with Crippen LogP contribution in [0.1, 0.15) is 0 Å². The first-order chi connectivity index (χ1) is 4.18. The molecule has 0 spiro atoms. The van der Waals surface area contributed by atoms with E-state index < -0.39 is 0 Å². The molecule has 1 aromatic heterocycles. The van der Waals surface area contributed by atoms with Crippen LogP contribution in [0.15, 0.2) is 0 Å². The van der Waals surface area contributed by atoms with Crippen LogP contribution in [0.4, 0.5) is 17.8 Å². The second kappa shape index (κ2) is 5.44. The monoisotopic (exact) mass is 322 g/mol. The van der Waals surface area contributed by atoms with Crippen LogP contribution in [0.2, 0.25) is 0 Å². The molecule has 0 saturated heterocycles. The smallest absolute Gasteiger partial charge is 0.226 e. The summed E-state index contributed by atoms with van der Waals surface area (Å²) < 4.78 is 0. The number of nitrogen functional groups attached to an aromatic ring is 3. The van der Waals surface area contributed by atoms with E-state index in [1.165, 1.54) is 0 Å². The summed E-state index contributed by atoms with van der Waals surface area (Å²) in [5.74, 6) is 0.125. The number of anilines is 3. The van der Waals surface area contributed by atoms with Gasteiger partial charge in [-0.25, -0.2) is 0 Å². The van der Waals surface area contributed by atoms with Gasteiger partial charge in [-0.3, -0.25) is 0 Å². The zero-order valence-electron chi connectivity index (χ0n) is 5.39. The summed E-state index contributed by atoms with van der Waals surface area (Å²) in [7, 11) is 0. The van der Waals surface area contributed by atoms with E-state index in [2.05, 4.69) is 15.0 Å². The number of nitrogens with zero attached hydrogens (tertiary/aromatic N) is 3. The minimum atomic E-state index is 0. The van der Waals surface area contributed by atoms with Crippen molar-refractivity contribution in [2.45, 2.75) is 0 Å².